The maximum absolute atomic E-state index is 5.76. The van der Waals surface area contributed by atoms with Crippen LogP contribution in [0.4, 0.5) is 0 Å². The van der Waals surface area contributed by atoms with Gasteiger partial charge in [-0.25, -0.2) is 0 Å². The van der Waals surface area contributed by atoms with Gasteiger partial charge in [0.2, 0.25) is 0 Å². The summed E-state index contributed by atoms with van der Waals surface area (Å²) in [6, 6.07) is 1.37. The summed E-state index contributed by atoms with van der Waals surface area (Å²) in [5.74, 6) is 0.831. The highest BCUT2D eigenvalue weighted by atomic mass is 16.5. The van der Waals surface area contributed by atoms with E-state index >= 15 is 0 Å². The average molecular weight is 284 g/mol. The number of rotatable bonds is 10. The number of ether oxygens (including phenoxy) is 1. The molecule has 0 aliphatic carbocycles. The largest absolute Gasteiger partial charge is 0.379 e. The maximum atomic E-state index is 5.76. The second-order valence-corrected chi connectivity index (χ2v) is 6.88. The van der Waals surface area contributed by atoms with Crippen molar-refractivity contribution in [2.24, 2.45) is 5.92 Å². The molecule has 0 saturated carbocycles. The second kappa shape index (κ2) is 10.6. The molecule has 0 spiro atoms. The standard InChI is InChI=1S/C17H36N2O/c1-15(2)8-9-17-7-5-6-11-19(17)12-14-20-13-10-18-16(3)4/h15-18H,5-14H2,1-4H3. The zero-order valence-electron chi connectivity index (χ0n) is 14.2. The molecule has 1 unspecified atom stereocenters. The van der Waals surface area contributed by atoms with Crippen LogP contribution < -0.4 is 5.32 Å². The first kappa shape index (κ1) is 17.9. The van der Waals surface area contributed by atoms with Gasteiger partial charge in [-0.1, -0.05) is 34.1 Å². The summed E-state index contributed by atoms with van der Waals surface area (Å²) < 4.78 is 5.76. The van der Waals surface area contributed by atoms with Crippen molar-refractivity contribution in [2.45, 2.75) is 71.9 Å². The van der Waals surface area contributed by atoms with Crippen molar-refractivity contribution < 1.29 is 4.74 Å². The second-order valence-electron chi connectivity index (χ2n) is 6.88. The van der Waals surface area contributed by atoms with Crippen LogP contribution in [0.3, 0.4) is 0 Å². The Hall–Kier alpha value is -0.120. The van der Waals surface area contributed by atoms with Crippen molar-refractivity contribution in [1.82, 2.24) is 10.2 Å². The predicted molar refractivity (Wildman–Crippen MR) is 87.2 cm³/mol. The van der Waals surface area contributed by atoms with Crippen LogP contribution in [0.25, 0.3) is 0 Å². The van der Waals surface area contributed by atoms with Crippen LogP contribution in [-0.2, 0) is 4.74 Å². The summed E-state index contributed by atoms with van der Waals surface area (Å²) in [6.45, 7) is 14.1. The van der Waals surface area contributed by atoms with Crippen molar-refractivity contribution in [3.63, 3.8) is 0 Å². The summed E-state index contributed by atoms with van der Waals surface area (Å²) in [4.78, 5) is 2.67. The van der Waals surface area contributed by atoms with Crippen molar-refractivity contribution in [1.29, 1.82) is 0 Å². The zero-order valence-corrected chi connectivity index (χ0v) is 14.2. The molecule has 1 aliphatic rings. The molecule has 1 heterocycles. The van der Waals surface area contributed by atoms with E-state index in [0.717, 1.165) is 38.3 Å². The normalized spacial score (nSPS) is 21.0. The van der Waals surface area contributed by atoms with Gasteiger partial charge in [-0.15, -0.1) is 0 Å². The van der Waals surface area contributed by atoms with Gasteiger partial charge in [0, 0.05) is 25.2 Å². The van der Waals surface area contributed by atoms with E-state index in [1.165, 1.54) is 38.6 Å². The van der Waals surface area contributed by atoms with Crippen LogP contribution in [0, 0.1) is 5.92 Å². The summed E-state index contributed by atoms with van der Waals surface area (Å²) in [7, 11) is 0. The molecule has 0 aromatic carbocycles. The fourth-order valence-corrected chi connectivity index (χ4v) is 2.91. The lowest BCUT2D eigenvalue weighted by Gasteiger charge is -2.36. The lowest BCUT2D eigenvalue weighted by atomic mass is 9.95. The Bertz CT molecular complexity index is 231. The van der Waals surface area contributed by atoms with Gasteiger partial charge in [-0.3, -0.25) is 4.90 Å². The van der Waals surface area contributed by atoms with Crippen LogP contribution in [0.15, 0.2) is 0 Å². The van der Waals surface area contributed by atoms with Crippen LogP contribution in [-0.4, -0.2) is 49.8 Å². The Kier molecular flexibility index (Phi) is 9.49. The van der Waals surface area contributed by atoms with Gasteiger partial charge in [0.15, 0.2) is 0 Å². The van der Waals surface area contributed by atoms with E-state index < -0.39 is 0 Å². The highest BCUT2D eigenvalue weighted by molar-refractivity contribution is 4.77. The summed E-state index contributed by atoms with van der Waals surface area (Å²) in [5, 5.41) is 3.39. The van der Waals surface area contributed by atoms with E-state index in [1.807, 2.05) is 0 Å². The smallest absolute Gasteiger partial charge is 0.0594 e. The topological polar surface area (TPSA) is 24.5 Å². The fraction of sp³-hybridized carbons (Fsp3) is 1.00. The maximum Gasteiger partial charge on any atom is 0.0594 e. The number of hydrogen-bond donors (Lipinski definition) is 1. The Morgan fingerprint density at radius 3 is 2.65 bits per heavy atom. The molecule has 0 aromatic rings. The first-order valence-electron chi connectivity index (χ1n) is 8.64. The summed E-state index contributed by atoms with van der Waals surface area (Å²) in [5.41, 5.74) is 0. The summed E-state index contributed by atoms with van der Waals surface area (Å²) in [6.07, 6.45) is 6.90. The minimum atomic E-state index is 0.557. The van der Waals surface area contributed by atoms with Crippen LogP contribution in [0.1, 0.15) is 59.8 Å². The molecular weight excluding hydrogens is 248 g/mol. The molecule has 1 saturated heterocycles. The Labute approximate surface area is 126 Å². The zero-order chi connectivity index (χ0) is 14.8. The fourth-order valence-electron chi connectivity index (χ4n) is 2.91. The molecule has 0 aromatic heterocycles. The minimum Gasteiger partial charge on any atom is -0.379 e. The molecular formula is C17H36N2O. The molecule has 1 N–H and O–H groups in total. The van der Waals surface area contributed by atoms with Gasteiger partial charge in [0.1, 0.15) is 0 Å². The first-order valence-corrected chi connectivity index (χ1v) is 8.64. The van der Waals surface area contributed by atoms with E-state index in [9.17, 15) is 0 Å². The van der Waals surface area contributed by atoms with Crippen LogP contribution in [0.5, 0.6) is 0 Å². The van der Waals surface area contributed by atoms with E-state index in [4.69, 9.17) is 4.74 Å². The number of likely N-dealkylation sites (tertiary alicyclic amines) is 1. The molecule has 120 valence electrons. The average Bonchev–Trinajstić information content (AvgIpc) is 2.41. The lowest BCUT2D eigenvalue weighted by Crippen LogP contribution is -2.41. The predicted octanol–water partition coefficient (Wildman–Crippen LogP) is 3.29. The molecule has 3 heteroatoms. The van der Waals surface area contributed by atoms with Crippen molar-refractivity contribution in [3.05, 3.63) is 0 Å². The number of nitrogens with zero attached hydrogens (tertiary/aromatic N) is 1. The third kappa shape index (κ3) is 8.23. The number of piperidine rings is 1. The molecule has 1 atom stereocenters. The third-order valence-corrected chi connectivity index (χ3v) is 4.15. The monoisotopic (exact) mass is 284 g/mol. The van der Waals surface area contributed by atoms with Gasteiger partial charge >= 0.3 is 0 Å². The first-order chi connectivity index (χ1) is 9.59. The van der Waals surface area contributed by atoms with Crippen molar-refractivity contribution in [3.8, 4) is 0 Å². The van der Waals surface area contributed by atoms with Crippen molar-refractivity contribution >= 4 is 0 Å². The van der Waals surface area contributed by atoms with Crippen molar-refractivity contribution in [2.75, 3.05) is 32.8 Å². The van der Waals surface area contributed by atoms with Gasteiger partial charge < -0.3 is 10.1 Å². The molecule has 1 fully saturated rings. The third-order valence-electron chi connectivity index (χ3n) is 4.15. The van der Waals surface area contributed by atoms with E-state index in [2.05, 4.69) is 37.9 Å². The lowest BCUT2D eigenvalue weighted by molar-refractivity contribution is 0.0679. The molecule has 1 aliphatic heterocycles. The SMILES string of the molecule is CC(C)CCC1CCCCN1CCOCCNC(C)C. The molecule has 0 amide bonds. The Morgan fingerprint density at radius 2 is 1.95 bits per heavy atom. The van der Waals surface area contributed by atoms with Gasteiger partial charge in [0.05, 0.1) is 13.2 Å². The van der Waals surface area contributed by atoms with E-state index in [-0.39, 0.29) is 0 Å². The van der Waals surface area contributed by atoms with E-state index in [1.54, 1.807) is 0 Å². The van der Waals surface area contributed by atoms with Crippen LogP contribution >= 0.6 is 0 Å². The minimum absolute atomic E-state index is 0.557. The van der Waals surface area contributed by atoms with Gasteiger partial charge in [-0.2, -0.15) is 0 Å². The van der Waals surface area contributed by atoms with E-state index in [0.29, 0.717) is 6.04 Å². The molecule has 3 nitrogen and oxygen atoms in total. The van der Waals surface area contributed by atoms with Crippen LogP contribution in [0.2, 0.25) is 0 Å². The van der Waals surface area contributed by atoms with Gasteiger partial charge in [-0.05, 0) is 38.1 Å². The molecule has 0 bridgehead atoms. The van der Waals surface area contributed by atoms with Gasteiger partial charge in [0.25, 0.3) is 0 Å². The highest BCUT2D eigenvalue weighted by Gasteiger charge is 2.21. The highest BCUT2D eigenvalue weighted by Crippen LogP contribution is 2.22. The summed E-state index contributed by atoms with van der Waals surface area (Å²) >= 11 is 0. The Balaban J connectivity index is 2.12. The molecule has 20 heavy (non-hydrogen) atoms. The molecule has 1 rings (SSSR count). The Morgan fingerprint density at radius 1 is 1.15 bits per heavy atom. The molecule has 0 radical (unpaired) electrons. The quantitative estimate of drug-likeness (QED) is 0.623. The number of nitrogens with one attached hydrogen (secondary N) is 1. The number of hydrogen-bond acceptors (Lipinski definition) is 3.